The predicted molar refractivity (Wildman–Crippen MR) is 99.3 cm³/mol. The van der Waals surface area contributed by atoms with Gasteiger partial charge in [-0.25, -0.2) is 15.0 Å². The summed E-state index contributed by atoms with van der Waals surface area (Å²) < 4.78 is 1.93. The van der Waals surface area contributed by atoms with E-state index in [9.17, 15) is 14.4 Å². The number of aryl methyl sites for hydroxylation is 1. The van der Waals surface area contributed by atoms with Crippen LogP contribution in [0.15, 0.2) is 36.7 Å². The van der Waals surface area contributed by atoms with Crippen LogP contribution in [0, 0.1) is 0 Å². The molecule has 4 rings (SSSR count). The van der Waals surface area contributed by atoms with Crippen LogP contribution in [0.5, 0.6) is 0 Å². The Hall–Kier alpha value is -3.62. The first kappa shape index (κ1) is 17.8. The number of para-hydroxylation sites is 2. The molecule has 2 aromatic heterocycles. The first-order valence-electron chi connectivity index (χ1n) is 8.85. The highest BCUT2D eigenvalue weighted by Gasteiger charge is 2.38. The van der Waals surface area contributed by atoms with Gasteiger partial charge in [-0.1, -0.05) is 12.1 Å². The minimum Gasteiger partial charge on any atom is -0.346 e. The largest absolute Gasteiger partial charge is 0.346 e. The molecule has 0 spiro atoms. The van der Waals surface area contributed by atoms with E-state index in [1.807, 2.05) is 42.8 Å². The molecule has 3 amide bonds. The van der Waals surface area contributed by atoms with Crippen LogP contribution in [0.25, 0.3) is 11.0 Å². The van der Waals surface area contributed by atoms with Crippen LogP contribution >= 0.6 is 0 Å². The average molecular weight is 378 g/mol. The summed E-state index contributed by atoms with van der Waals surface area (Å²) in [6.45, 7) is 1.81. The molecular formula is C19H18N6O3. The number of nitrogens with zero attached hydrogens (tertiary/aromatic N) is 5. The molecule has 0 fully saturated rings. The fourth-order valence-corrected chi connectivity index (χ4v) is 3.35. The van der Waals surface area contributed by atoms with E-state index in [4.69, 9.17) is 0 Å². The van der Waals surface area contributed by atoms with Crippen molar-refractivity contribution in [2.24, 2.45) is 7.05 Å². The number of carbonyl (C=O) groups excluding carboxylic acids is 3. The number of benzene rings is 1. The number of imidazole rings is 1. The molecule has 0 saturated heterocycles. The molecule has 0 radical (unpaired) electrons. The smallest absolute Gasteiger partial charge is 0.281 e. The predicted octanol–water partition coefficient (Wildman–Crippen LogP) is 1.23. The zero-order valence-electron chi connectivity index (χ0n) is 15.4. The molecule has 3 heterocycles. The summed E-state index contributed by atoms with van der Waals surface area (Å²) in [4.78, 5) is 50.3. The molecular weight excluding hydrogens is 360 g/mol. The van der Waals surface area contributed by atoms with Crippen LogP contribution in [0.1, 0.15) is 46.2 Å². The van der Waals surface area contributed by atoms with Crippen molar-refractivity contribution in [1.29, 1.82) is 0 Å². The van der Waals surface area contributed by atoms with Crippen LogP contribution in [-0.2, 0) is 11.8 Å². The van der Waals surface area contributed by atoms with Gasteiger partial charge >= 0.3 is 0 Å². The normalized spacial score (nSPS) is 14.4. The summed E-state index contributed by atoms with van der Waals surface area (Å²) in [5.74, 6) is -0.602. The van der Waals surface area contributed by atoms with Gasteiger partial charge in [-0.2, -0.15) is 0 Å². The standard InChI is InChI=1S/C19H18N6O3/c1-11(17-23-12-5-3-4-6-13(12)24(17)2)22-14(26)7-10-25-18(27)15-16(19(25)28)21-9-8-20-15/h3-6,8-9,11H,7,10H2,1-2H3,(H,22,26)/t11-/m0/s1. The van der Waals surface area contributed by atoms with E-state index in [2.05, 4.69) is 20.3 Å². The van der Waals surface area contributed by atoms with Crippen LogP contribution in [0.3, 0.4) is 0 Å². The van der Waals surface area contributed by atoms with Crippen molar-refractivity contribution in [3.8, 4) is 0 Å². The molecule has 9 nitrogen and oxygen atoms in total. The Morgan fingerprint density at radius 1 is 1.11 bits per heavy atom. The first-order valence-corrected chi connectivity index (χ1v) is 8.85. The minimum absolute atomic E-state index is 0.0141. The first-order chi connectivity index (χ1) is 13.5. The molecule has 1 aliphatic heterocycles. The molecule has 3 aromatic rings. The van der Waals surface area contributed by atoms with Gasteiger partial charge in [0.05, 0.1) is 17.1 Å². The Morgan fingerprint density at radius 3 is 2.39 bits per heavy atom. The lowest BCUT2D eigenvalue weighted by Gasteiger charge is -2.16. The molecule has 1 aliphatic rings. The maximum atomic E-state index is 12.4. The number of hydrogen-bond donors (Lipinski definition) is 1. The van der Waals surface area contributed by atoms with Crippen molar-refractivity contribution in [2.45, 2.75) is 19.4 Å². The third-order valence-electron chi connectivity index (χ3n) is 4.74. The van der Waals surface area contributed by atoms with Gasteiger partial charge in [0.25, 0.3) is 11.8 Å². The number of amides is 3. The van der Waals surface area contributed by atoms with E-state index in [1.165, 1.54) is 12.4 Å². The van der Waals surface area contributed by atoms with E-state index >= 15 is 0 Å². The second-order valence-corrected chi connectivity index (χ2v) is 6.57. The molecule has 28 heavy (non-hydrogen) atoms. The van der Waals surface area contributed by atoms with Gasteiger partial charge in [0.15, 0.2) is 11.4 Å². The Balaban J connectivity index is 1.40. The molecule has 9 heteroatoms. The Bertz CT molecular complexity index is 1070. The third kappa shape index (κ3) is 2.90. The highest BCUT2D eigenvalue weighted by Crippen LogP contribution is 2.20. The number of carbonyl (C=O) groups is 3. The SMILES string of the molecule is C[C@H](NC(=O)CCN1C(=O)c2nccnc2C1=O)c1nc2ccccc2n1C. The maximum Gasteiger partial charge on any atom is 0.281 e. The van der Waals surface area contributed by atoms with Crippen molar-refractivity contribution in [2.75, 3.05) is 6.54 Å². The maximum absolute atomic E-state index is 12.4. The number of nitrogens with one attached hydrogen (secondary N) is 1. The van der Waals surface area contributed by atoms with Crippen LogP contribution < -0.4 is 5.32 Å². The molecule has 1 atom stereocenters. The minimum atomic E-state index is -0.524. The van der Waals surface area contributed by atoms with Gasteiger partial charge in [0.1, 0.15) is 5.82 Å². The number of aromatic nitrogens is 4. The van der Waals surface area contributed by atoms with Crippen molar-refractivity contribution in [3.63, 3.8) is 0 Å². The molecule has 142 valence electrons. The number of fused-ring (bicyclic) bond motifs is 2. The van der Waals surface area contributed by atoms with E-state index in [-0.39, 0.29) is 36.3 Å². The van der Waals surface area contributed by atoms with Crippen LogP contribution in [0.4, 0.5) is 0 Å². The molecule has 0 aliphatic carbocycles. The zero-order valence-corrected chi connectivity index (χ0v) is 15.4. The fourth-order valence-electron chi connectivity index (χ4n) is 3.35. The molecule has 0 unspecified atom stereocenters. The fraction of sp³-hybridized carbons (Fsp3) is 0.263. The van der Waals surface area contributed by atoms with Gasteiger partial charge in [-0.05, 0) is 19.1 Å². The Kier molecular flexibility index (Phi) is 4.34. The van der Waals surface area contributed by atoms with Crippen LogP contribution in [0.2, 0.25) is 0 Å². The second kappa shape index (κ2) is 6.84. The summed E-state index contributed by atoms with van der Waals surface area (Å²) in [5, 5.41) is 2.87. The number of rotatable bonds is 5. The summed E-state index contributed by atoms with van der Waals surface area (Å²) in [6.07, 6.45) is 2.71. The number of hydrogen-bond acceptors (Lipinski definition) is 6. The quantitative estimate of drug-likeness (QED) is 0.669. The Labute approximate surface area is 160 Å². The Morgan fingerprint density at radius 2 is 1.75 bits per heavy atom. The summed E-state index contributed by atoms with van der Waals surface area (Å²) in [5.41, 5.74) is 1.89. The van der Waals surface area contributed by atoms with Crippen molar-refractivity contribution in [1.82, 2.24) is 29.7 Å². The topological polar surface area (TPSA) is 110 Å². The van der Waals surface area contributed by atoms with Crippen molar-refractivity contribution in [3.05, 3.63) is 53.9 Å². The molecule has 1 aromatic carbocycles. The van der Waals surface area contributed by atoms with E-state index in [1.54, 1.807) is 0 Å². The monoisotopic (exact) mass is 378 g/mol. The molecule has 1 N–H and O–H groups in total. The lowest BCUT2D eigenvalue weighted by Crippen LogP contribution is -2.35. The number of imide groups is 1. The average Bonchev–Trinajstić information content (AvgIpc) is 3.16. The van der Waals surface area contributed by atoms with Crippen LogP contribution in [-0.4, -0.2) is 48.7 Å². The van der Waals surface area contributed by atoms with Crippen molar-refractivity contribution >= 4 is 28.8 Å². The third-order valence-corrected chi connectivity index (χ3v) is 4.74. The van der Waals surface area contributed by atoms with Gasteiger partial charge < -0.3 is 9.88 Å². The molecule has 0 bridgehead atoms. The van der Waals surface area contributed by atoms with Gasteiger partial charge in [0, 0.05) is 32.4 Å². The molecule has 0 saturated carbocycles. The lowest BCUT2D eigenvalue weighted by molar-refractivity contribution is -0.121. The summed E-state index contributed by atoms with van der Waals surface area (Å²) >= 11 is 0. The van der Waals surface area contributed by atoms with E-state index < -0.39 is 11.8 Å². The van der Waals surface area contributed by atoms with Gasteiger partial charge in [0.2, 0.25) is 5.91 Å². The zero-order chi connectivity index (χ0) is 19.8. The summed E-state index contributed by atoms with van der Waals surface area (Å²) in [7, 11) is 1.89. The van der Waals surface area contributed by atoms with Crippen molar-refractivity contribution < 1.29 is 14.4 Å². The van der Waals surface area contributed by atoms with Gasteiger partial charge in [-0.3, -0.25) is 19.3 Å². The second-order valence-electron chi connectivity index (χ2n) is 6.57. The lowest BCUT2D eigenvalue weighted by atomic mass is 10.3. The highest BCUT2D eigenvalue weighted by molar-refractivity contribution is 6.19. The van der Waals surface area contributed by atoms with E-state index in [0.717, 1.165) is 21.8 Å². The highest BCUT2D eigenvalue weighted by atomic mass is 16.2. The van der Waals surface area contributed by atoms with E-state index in [0.29, 0.717) is 0 Å². The summed E-state index contributed by atoms with van der Waals surface area (Å²) in [6, 6.07) is 7.40. The van der Waals surface area contributed by atoms with Gasteiger partial charge in [-0.15, -0.1) is 0 Å².